The second-order valence-electron chi connectivity index (χ2n) is 7.88. The van der Waals surface area contributed by atoms with Gasteiger partial charge in [0.2, 0.25) is 17.7 Å². The molecule has 0 aromatic heterocycles. The third kappa shape index (κ3) is 5.10. The summed E-state index contributed by atoms with van der Waals surface area (Å²) in [5.41, 5.74) is 6.86. The number of amides is 3. The molecule has 0 spiro atoms. The molecule has 2 aliphatic heterocycles. The molecule has 152 valence electrons. The molecular weight excluding hydrogens is 356 g/mol. The minimum absolute atomic E-state index is 0.0755. The van der Waals surface area contributed by atoms with Crippen LogP contribution in [0.1, 0.15) is 25.3 Å². The van der Waals surface area contributed by atoms with Crippen molar-refractivity contribution in [1.29, 1.82) is 0 Å². The molecular formula is C21H30N4O3. The zero-order valence-electron chi connectivity index (χ0n) is 16.5. The van der Waals surface area contributed by atoms with Gasteiger partial charge in [-0.25, -0.2) is 0 Å². The van der Waals surface area contributed by atoms with E-state index in [1.165, 1.54) is 12.5 Å². The van der Waals surface area contributed by atoms with Gasteiger partial charge in [0.05, 0.1) is 13.1 Å². The lowest BCUT2D eigenvalue weighted by Crippen LogP contribution is -2.62. The highest BCUT2D eigenvalue weighted by atomic mass is 16.2. The van der Waals surface area contributed by atoms with Crippen LogP contribution in [0.15, 0.2) is 30.3 Å². The first kappa shape index (κ1) is 20.3. The Morgan fingerprint density at radius 1 is 1.04 bits per heavy atom. The summed E-state index contributed by atoms with van der Waals surface area (Å²) in [5, 5.41) is 0. The smallest absolute Gasteiger partial charge is 0.242 e. The van der Waals surface area contributed by atoms with Gasteiger partial charge in [-0.2, -0.15) is 0 Å². The third-order valence-electron chi connectivity index (χ3n) is 5.91. The Morgan fingerprint density at radius 2 is 1.71 bits per heavy atom. The predicted octanol–water partition coefficient (Wildman–Crippen LogP) is 0.486. The van der Waals surface area contributed by atoms with Gasteiger partial charge < -0.3 is 15.5 Å². The molecule has 1 unspecified atom stereocenters. The molecule has 2 fully saturated rings. The predicted molar refractivity (Wildman–Crippen MR) is 106 cm³/mol. The van der Waals surface area contributed by atoms with Crippen molar-refractivity contribution >= 4 is 17.7 Å². The van der Waals surface area contributed by atoms with E-state index >= 15 is 0 Å². The lowest BCUT2D eigenvalue weighted by atomic mass is 9.90. The summed E-state index contributed by atoms with van der Waals surface area (Å²) in [7, 11) is 0. The van der Waals surface area contributed by atoms with Crippen LogP contribution in [0.3, 0.4) is 0 Å². The Kier molecular flexibility index (Phi) is 6.67. The molecule has 1 aromatic carbocycles. The SMILES string of the molecule is CC(=O)N1CCN(C(=O)CN2CCC(Cc3ccccc3)CC2)C(C(N)=O)C1. The van der Waals surface area contributed by atoms with Crippen molar-refractivity contribution in [3.63, 3.8) is 0 Å². The van der Waals surface area contributed by atoms with Gasteiger partial charge in [0.1, 0.15) is 6.04 Å². The van der Waals surface area contributed by atoms with Crippen LogP contribution >= 0.6 is 0 Å². The van der Waals surface area contributed by atoms with Crippen LogP contribution in [0, 0.1) is 5.92 Å². The summed E-state index contributed by atoms with van der Waals surface area (Å²) in [6.45, 7) is 4.54. The van der Waals surface area contributed by atoms with E-state index in [9.17, 15) is 14.4 Å². The summed E-state index contributed by atoms with van der Waals surface area (Å²) in [6.07, 6.45) is 3.22. The molecule has 3 amide bonds. The van der Waals surface area contributed by atoms with Gasteiger partial charge in [-0.15, -0.1) is 0 Å². The first-order valence-electron chi connectivity index (χ1n) is 10.0. The first-order valence-corrected chi connectivity index (χ1v) is 10.0. The normalized spacial score (nSPS) is 21.5. The van der Waals surface area contributed by atoms with E-state index in [1.807, 2.05) is 6.07 Å². The average molecular weight is 386 g/mol. The fourth-order valence-corrected chi connectivity index (χ4v) is 4.19. The zero-order valence-corrected chi connectivity index (χ0v) is 16.5. The quantitative estimate of drug-likeness (QED) is 0.798. The summed E-state index contributed by atoms with van der Waals surface area (Å²) in [6, 6.07) is 9.78. The van der Waals surface area contributed by atoms with Gasteiger partial charge in [0.25, 0.3) is 0 Å². The zero-order chi connectivity index (χ0) is 20.1. The number of benzene rings is 1. The number of primary amides is 1. The molecule has 2 aliphatic rings. The topological polar surface area (TPSA) is 87.0 Å². The van der Waals surface area contributed by atoms with Gasteiger partial charge in [-0.05, 0) is 43.8 Å². The second kappa shape index (κ2) is 9.19. The number of carbonyl (C=O) groups is 3. The maximum absolute atomic E-state index is 12.8. The fraction of sp³-hybridized carbons (Fsp3) is 0.571. The molecule has 1 aromatic rings. The molecule has 0 aliphatic carbocycles. The van der Waals surface area contributed by atoms with E-state index < -0.39 is 11.9 Å². The third-order valence-corrected chi connectivity index (χ3v) is 5.91. The van der Waals surface area contributed by atoms with Crippen LogP contribution in [0.2, 0.25) is 0 Å². The van der Waals surface area contributed by atoms with E-state index in [2.05, 4.69) is 29.2 Å². The number of rotatable bonds is 5. The van der Waals surface area contributed by atoms with Crippen LogP contribution in [-0.2, 0) is 20.8 Å². The van der Waals surface area contributed by atoms with Gasteiger partial charge in [0, 0.05) is 20.0 Å². The maximum Gasteiger partial charge on any atom is 0.242 e. The molecule has 7 heteroatoms. The number of nitrogens with zero attached hydrogens (tertiary/aromatic N) is 3. The van der Waals surface area contributed by atoms with E-state index in [1.54, 1.807) is 9.80 Å². The number of hydrogen-bond acceptors (Lipinski definition) is 4. The molecule has 0 saturated carbocycles. The Balaban J connectivity index is 1.49. The highest BCUT2D eigenvalue weighted by molar-refractivity contribution is 5.88. The molecule has 0 radical (unpaired) electrons. The van der Waals surface area contributed by atoms with Crippen molar-refractivity contribution < 1.29 is 14.4 Å². The van der Waals surface area contributed by atoms with Crippen LogP contribution in [0.5, 0.6) is 0 Å². The number of nitrogens with two attached hydrogens (primary N) is 1. The van der Waals surface area contributed by atoms with Crippen molar-refractivity contribution in [3.8, 4) is 0 Å². The molecule has 2 saturated heterocycles. The van der Waals surface area contributed by atoms with Gasteiger partial charge in [0.15, 0.2) is 0 Å². The van der Waals surface area contributed by atoms with Crippen molar-refractivity contribution in [2.75, 3.05) is 39.3 Å². The van der Waals surface area contributed by atoms with Crippen molar-refractivity contribution in [2.45, 2.75) is 32.2 Å². The Morgan fingerprint density at radius 3 is 2.32 bits per heavy atom. The fourth-order valence-electron chi connectivity index (χ4n) is 4.19. The second-order valence-corrected chi connectivity index (χ2v) is 7.88. The van der Waals surface area contributed by atoms with Crippen molar-refractivity contribution in [2.24, 2.45) is 11.7 Å². The Bertz CT molecular complexity index is 701. The molecule has 7 nitrogen and oxygen atoms in total. The minimum Gasteiger partial charge on any atom is -0.368 e. The molecule has 28 heavy (non-hydrogen) atoms. The molecule has 3 rings (SSSR count). The minimum atomic E-state index is -0.735. The van der Waals surface area contributed by atoms with E-state index in [0.717, 1.165) is 32.4 Å². The van der Waals surface area contributed by atoms with Crippen LogP contribution < -0.4 is 5.73 Å². The average Bonchev–Trinajstić information content (AvgIpc) is 2.69. The number of piperazine rings is 1. The Labute approximate surface area is 166 Å². The van der Waals surface area contributed by atoms with E-state index in [4.69, 9.17) is 5.73 Å². The molecule has 1 atom stereocenters. The van der Waals surface area contributed by atoms with Crippen LogP contribution in [0.25, 0.3) is 0 Å². The monoisotopic (exact) mass is 386 g/mol. The highest BCUT2D eigenvalue weighted by Gasteiger charge is 2.35. The number of likely N-dealkylation sites (tertiary alicyclic amines) is 1. The standard InChI is InChI=1S/C21H30N4O3/c1-16(26)24-11-12-25(19(14-24)21(22)28)20(27)15-23-9-7-18(8-10-23)13-17-5-3-2-4-6-17/h2-6,18-19H,7-15H2,1H3,(H2,22,28). The summed E-state index contributed by atoms with van der Waals surface area (Å²) in [5.74, 6) is -0.0838. The van der Waals surface area contributed by atoms with Gasteiger partial charge in [-0.1, -0.05) is 30.3 Å². The van der Waals surface area contributed by atoms with Crippen LogP contribution in [-0.4, -0.2) is 77.7 Å². The Hall–Kier alpha value is -2.41. The lowest BCUT2D eigenvalue weighted by molar-refractivity contribution is -0.147. The molecule has 2 heterocycles. The summed E-state index contributed by atoms with van der Waals surface area (Å²) < 4.78 is 0. The number of hydrogen-bond donors (Lipinski definition) is 1. The maximum atomic E-state index is 12.8. The van der Waals surface area contributed by atoms with Crippen molar-refractivity contribution in [3.05, 3.63) is 35.9 Å². The van der Waals surface area contributed by atoms with Crippen molar-refractivity contribution in [1.82, 2.24) is 14.7 Å². The van der Waals surface area contributed by atoms with E-state index in [-0.39, 0.29) is 18.4 Å². The van der Waals surface area contributed by atoms with Gasteiger partial charge in [-0.3, -0.25) is 19.3 Å². The first-order chi connectivity index (χ1) is 13.4. The largest absolute Gasteiger partial charge is 0.368 e. The van der Waals surface area contributed by atoms with Crippen LogP contribution in [0.4, 0.5) is 0 Å². The lowest BCUT2D eigenvalue weighted by Gasteiger charge is -2.41. The van der Waals surface area contributed by atoms with Gasteiger partial charge >= 0.3 is 0 Å². The molecule has 2 N–H and O–H groups in total. The summed E-state index contributed by atoms with van der Waals surface area (Å²) in [4.78, 5) is 41.5. The van der Waals surface area contributed by atoms with E-state index in [0.29, 0.717) is 25.6 Å². The summed E-state index contributed by atoms with van der Waals surface area (Å²) >= 11 is 0. The number of piperidine rings is 1. The highest BCUT2D eigenvalue weighted by Crippen LogP contribution is 2.22. The molecule has 0 bridgehead atoms. The number of carbonyl (C=O) groups excluding carboxylic acids is 3.